The van der Waals surface area contributed by atoms with E-state index in [0.29, 0.717) is 18.5 Å². The smallest absolute Gasteiger partial charge is 0.290 e. The van der Waals surface area contributed by atoms with E-state index < -0.39 is 5.60 Å². The molecule has 1 aliphatic heterocycles. The Morgan fingerprint density at radius 3 is 2.03 bits per heavy atom. The van der Waals surface area contributed by atoms with E-state index in [4.69, 9.17) is 9.90 Å². The summed E-state index contributed by atoms with van der Waals surface area (Å²) >= 11 is 0. The van der Waals surface area contributed by atoms with Crippen molar-refractivity contribution in [3.05, 3.63) is 59.7 Å². The van der Waals surface area contributed by atoms with Gasteiger partial charge in [0.25, 0.3) is 12.4 Å². The second kappa shape index (κ2) is 9.65. The average molecular weight is 410 g/mol. The lowest BCUT2D eigenvalue weighted by Gasteiger charge is -2.21. The Hall–Kier alpha value is -3.03. The third-order valence-electron chi connectivity index (χ3n) is 5.40. The van der Waals surface area contributed by atoms with E-state index in [1.165, 1.54) is 0 Å². The SMILES string of the molecule is O=C(NCC1(O)CCNC1)c1ccc(-c2ccc(C(=O)C3CC3)cc2)cc1.O=CO. The van der Waals surface area contributed by atoms with Gasteiger partial charge in [-0.15, -0.1) is 0 Å². The van der Waals surface area contributed by atoms with Crippen LogP contribution in [0.25, 0.3) is 11.1 Å². The van der Waals surface area contributed by atoms with Gasteiger partial charge in [-0.2, -0.15) is 0 Å². The van der Waals surface area contributed by atoms with E-state index in [2.05, 4.69) is 10.6 Å². The van der Waals surface area contributed by atoms with Crippen LogP contribution in [0.4, 0.5) is 0 Å². The van der Waals surface area contributed by atoms with E-state index in [9.17, 15) is 14.7 Å². The number of nitrogens with one attached hydrogen (secondary N) is 2. The molecule has 1 saturated heterocycles. The van der Waals surface area contributed by atoms with Gasteiger partial charge in [0.1, 0.15) is 0 Å². The van der Waals surface area contributed by atoms with Crippen molar-refractivity contribution in [1.82, 2.24) is 10.6 Å². The summed E-state index contributed by atoms with van der Waals surface area (Å²) in [5.74, 6) is 0.284. The molecule has 1 atom stereocenters. The maximum absolute atomic E-state index is 12.3. The minimum atomic E-state index is -0.852. The summed E-state index contributed by atoms with van der Waals surface area (Å²) < 4.78 is 0. The maximum atomic E-state index is 12.3. The van der Waals surface area contributed by atoms with Crippen molar-refractivity contribution in [1.29, 1.82) is 0 Å². The van der Waals surface area contributed by atoms with Crippen molar-refractivity contribution < 1.29 is 24.6 Å². The van der Waals surface area contributed by atoms with Crippen molar-refractivity contribution in [2.75, 3.05) is 19.6 Å². The van der Waals surface area contributed by atoms with Crippen LogP contribution >= 0.6 is 0 Å². The van der Waals surface area contributed by atoms with Crippen molar-refractivity contribution in [3.63, 3.8) is 0 Å². The Morgan fingerprint density at radius 2 is 1.57 bits per heavy atom. The van der Waals surface area contributed by atoms with Crippen LogP contribution in [0, 0.1) is 5.92 Å². The standard InChI is InChI=1S/C22H24N2O3.CH2O2/c25-20(18-7-8-18)17-5-1-15(2-6-17)16-3-9-19(10-4-16)21(26)24-14-22(27)11-12-23-13-22;2-1-3/h1-6,9-10,18,23,27H,7-8,11-14H2,(H,24,26);1H,(H,2,3). The fourth-order valence-corrected chi connectivity index (χ4v) is 3.45. The number of carbonyl (C=O) groups is 3. The van der Waals surface area contributed by atoms with Gasteiger partial charge >= 0.3 is 0 Å². The lowest BCUT2D eigenvalue weighted by molar-refractivity contribution is -0.122. The Balaban J connectivity index is 0.000000806. The molecule has 1 amide bonds. The highest BCUT2D eigenvalue weighted by Crippen LogP contribution is 2.33. The van der Waals surface area contributed by atoms with Gasteiger partial charge in [-0.3, -0.25) is 14.4 Å². The Morgan fingerprint density at radius 1 is 1.03 bits per heavy atom. The number of β-amino-alcohol motifs (C(OH)–C–C–N with tert-alkyl or cyclic N) is 1. The van der Waals surface area contributed by atoms with E-state index >= 15 is 0 Å². The summed E-state index contributed by atoms with van der Waals surface area (Å²) in [5.41, 5.74) is 2.50. The highest BCUT2D eigenvalue weighted by atomic mass is 16.3. The number of rotatable bonds is 6. The number of aliphatic hydroxyl groups is 1. The average Bonchev–Trinajstić information content (AvgIpc) is 3.53. The van der Waals surface area contributed by atoms with Gasteiger partial charge in [0.2, 0.25) is 0 Å². The molecule has 4 rings (SSSR count). The zero-order valence-corrected chi connectivity index (χ0v) is 16.6. The number of carboxylic acid groups (broad SMARTS) is 1. The normalized spacial score (nSPS) is 20.0. The van der Waals surface area contributed by atoms with Crippen LogP contribution in [-0.2, 0) is 4.79 Å². The first-order valence-electron chi connectivity index (χ1n) is 9.99. The molecule has 0 spiro atoms. The highest BCUT2D eigenvalue weighted by molar-refractivity contribution is 5.99. The van der Waals surface area contributed by atoms with Gasteiger partial charge in [-0.25, -0.2) is 0 Å². The molecule has 0 radical (unpaired) electrons. The second-order valence-electron chi connectivity index (χ2n) is 7.73. The van der Waals surface area contributed by atoms with Gasteiger partial charge in [0.15, 0.2) is 5.78 Å². The summed E-state index contributed by atoms with van der Waals surface area (Å²) in [6.07, 6.45) is 2.67. The molecule has 2 aromatic rings. The van der Waals surface area contributed by atoms with Gasteiger partial charge < -0.3 is 20.8 Å². The van der Waals surface area contributed by atoms with Gasteiger partial charge in [0, 0.05) is 30.1 Å². The van der Waals surface area contributed by atoms with Crippen LogP contribution in [0.1, 0.15) is 40.0 Å². The molecule has 2 aromatic carbocycles. The molecule has 4 N–H and O–H groups in total. The zero-order chi connectivity index (χ0) is 21.6. The molecular weight excluding hydrogens is 384 g/mol. The number of amides is 1. The molecular formula is C23H26N2O5. The summed E-state index contributed by atoms with van der Waals surface area (Å²) in [6.45, 7) is 1.27. The molecule has 30 heavy (non-hydrogen) atoms. The van der Waals surface area contributed by atoms with Crippen LogP contribution in [0.15, 0.2) is 48.5 Å². The minimum absolute atomic E-state index is 0.188. The first-order chi connectivity index (χ1) is 14.5. The zero-order valence-electron chi connectivity index (χ0n) is 16.6. The molecule has 7 heteroatoms. The Labute approximate surface area is 175 Å². The molecule has 1 unspecified atom stereocenters. The van der Waals surface area contributed by atoms with Crippen LogP contribution in [-0.4, -0.2) is 53.6 Å². The molecule has 1 heterocycles. The summed E-state index contributed by atoms with van der Waals surface area (Å²) in [4.78, 5) is 32.7. The number of ketones is 1. The quantitative estimate of drug-likeness (QED) is 0.428. The molecule has 0 aromatic heterocycles. The largest absolute Gasteiger partial charge is 0.483 e. The summed E-state index contributed by atoms with van der Waals surface area (Å²) in [5, 5.41) is 23.1. The number of Topliss-reactive ketones (excluding diaryl/α,β-unsaturated/α-hetero) is 1. The molecule has 2 fully saturated rings. The van der Waals surface area contributed by atoms with Crippen LogP contribution in [0.3, 0.4) is 0 Å². The topological polar surface area (TPSA) is 116 Å². The fourth-order valence-electron chi connectivity index (χ4n) is 3.45. The number of hydrogen-bond donors (Lipinski definition) is 4. The van der Waals surface area contributed by atoms with Gasteiger partial charge in [-0.1, -0.05) is 36.4 Å². The maximum Gasteiger partial charge on any atom is 0.290 e. The van der Waals surface area contributed by atoms with E-state index in [0.717, 1.165) is 36.1 Å². The van der Waals surface area contributed by atoms with Crippen LogP contribution in [0.2, 0.25) is 0 Å². The number of carbonyl (C=O) groups excluding carboxylic acids is 2. The van der Waals surface area contributed by atoms with Gasteiger partial charge in [0.05, 0.1) is 5.60 Å². The third kappa shape index (κ3) is 5.52. The van der Waals surface area contributed by atoms with Crippen molar-refractivity contribution >= 4 is 18.2 Å². The lowest BCUT2D eigenvalue weighted by Crippen LogP contribution is -2.44. The molecule has 1 aliphatic carbocycles. The predicted molar refractivity (Wildman–Crippen MR) is 112 cm³/mol. The molecule has 158 valence electrons. The fraction of sp³-hybridized carbons (Fsp3) is 0.348. The lowest BCUT2D eigenvalue weighted by atomic mass is 10.00. The summed E-state index contributed by atoms with van der Waals surface area (Å²) in [6, 6.07) is 15.0. The van der Waals surface area contributed by atoms with E-state index in [-0.39, 0.29) is 30.6 Å². The molecule has 2 aliphatic rings. The van der Waals surface area contributed by atoms with E-state index in [1.54, 1.807) is 12.1 Å². The third-order valence-corrected chi connectivity index (χ3v) is 5.40. The monoisotopic (exact) mass is 410 g/mol. The van der Waals surface area contributed by atoms with Gasteiger partial charge in [-0.05, 0) is 49.1 Å². The Bertz CT molecular complexity index is 883. The first-order valence-corrected chi connectivity index (χ1v) is 9.99. The molecule has 0 bridgehead atoms. The van der Waals surface area contributed by atoms with Crippen LogP contribution < -0.4 is 10.6 Å². The first kappa shape index (κ1) is 21.7. The predicted octanol–water partition coefficient (Wildman–Crippen LogP) is 2.10. The second-order valence-corrected chi connectivity index (χ2v) is 7.73. The van der Waals surface area contributed by atoms with Crippen molar-refractivity contribution in [3.8, 4) is 11.1 Å². The molecule has 7 nitrogen and oxygen atoms in total. The Kier molecular flexibility index (Phi) is 6.97. The number of hydrogen-bond acceptors (Lipinski definition) is 5. The van der Waals surface area contributed by atoms with Crippen LogP contribution in [0.5, 0.6) is 0 Å². The van der Waals surface area contributed by atoms with Crippen molar-refractivity contribution in [2.45, 2.75) is 24.9 Å². The number of benzene rings is 2. The van der Waals surface area contributed by atoms with E-state index in [1.807, 2.05) is 36.4 Å². The highest BCUT2D eigenvalue weighted by Gasteiger charge is 2.31. The minimum Gasteiger partial charge on any atom is -0.483 e. The summed E-state index contributed by atoms with van der Waals surface area (Å²) in [7, 11) is 0. The molecule has 1 saturated carbocycles. The van der Waals surface area contributed by atoms with Crippen molar-refractivity contribution in [2.24, 2.45) is 5.92 Å².